The predicted octanol–water partition coefficient (Wildman–Crippen LogP) is 0.0948. The summed E-state index contributed by atoms with van der Waals surface area (Å²) in [4.78, 5) is 34.3. The first-order valence-corrected chi connectivity index (χ1v) is 7.29. The molecular formula is C14H20N8O2. The highest BCUT2D eigenvalue weighted by Gasteiger charge is 2.11. The predicted molar refractivity (Wildman–Crippen MR) is 86.1 cm³/mol. The summed E-state index contributed by atoms with van der Waals surface area (Å²) >= 11 is 0. The monoisotopic (exact) mass is 332 g/mol. The van der Waals surface area contributed by atoms with Gasteiger partial charge in [0.25, 0.3) is 0 Å². The topological polar surface area (TPSA) is 118 Å². The molecule has 2 N–H and O–H groups in total. The Bertz CT molecular complexity index is 720. The molecule has 24 heavy (non-hydrogen) atoms. The second kappa shape index (κ2) is 7.49. The van der Waals surface area contributed by atoms with E-state index in [1.54, 1.807) is 14.1 Å². The van der Waals surface area contributed by atoms with Crippen LogP contribution in [0.5, 0.6) is 0 Å². The van der Waals surface area contributed by atoms with Gasteiger partial charge in [0, 0.05) is 37.6 Å². The number of rotatable bonds is 5. The van der Waals surface area contributed by atoms with Crippen molar-refractivity contribution in [2.75, 3.05) is 19.4 Å². The molecule has 0 radical (unpaired) electrons. The number of carbonyl (C=O) groups is 2. The fraction of sp³-hybridized carbons (Fsp3) is 0.429. The van der Waals surface area contributed by atoms with E-state index in [4.69, 9.17) is 0 Å². The van der Waals surface area contributed by atoms with Gasteiger partial charge in [0.2, 0.25) is 5.91 Å². The van der Waals surface area contributed by atoms with Crippen LogP contribution >= 0.6 is 0 Å². The smallest absolute Gasteiger partial charge is 0.322 e. The third kappa shape index (κ3) is 4.48. The number of nitrogens with zero attached hydrogens (tertiary/aromatic N) is 6. The molecule has 0 atom stereocenters. The van der Waals surface area contributed by atoms with E-state index in [-0.39, 0.29) is 24.3 Å². The molecular weight excluding hydrogens is 312 g/mol. The molecule has 0 unspecified atom stereocenters. The molecule has 3 amide bonds. The zero-order valence-electron chi connectivity index (χ0n) is 14.1. The molecule has 2 aromatic heterocycles. The van der Waals surface area contributed by atoms with E-state index in [1.807, 2.05) is 13.8 Å². The largest absolute Gasteiger partial charge is 0.350 e. The molecule has 2 aromatic rings. The molecule has 0 aromatic carbocycles. The lowest BCUT2D eigenvalue weighted by molar-refractivity contribution is -0.122. The van der Waals surface area contributed by atoms with Gasteiger partial charge in [-0.3, -0.25) is 10.1 Å². The molecule has 2 heterocycles. The highest BCUT2D eigenvalue weighted by atomic mass is 16.2. The Morgan fingerprint density at radius 3 is 2.50 bits per heavy atom. The minimum Gasteiger partial charge on any atom is -0.350 e. The lowest BCUT2D eigenvalue weighted by atomic mass is 10.2. The lowest BCUT2D eigenvalue weighted by Crippen LogP contribution is -2.29. The summed E-state index contributed by atoms with van der Waals surface area (Å²) in [5, 5.41) is 13.3. The van der Waals surface area contributed by atoms with Crippen molar-refractivity contribution in [2.24, 2.45) is 0 Å². The van der Waals surface area contributed by atoms with E-state index in [1.165, 1.54) is 22.2 Å². The first-order valence-electron chi connectivity index (χ1n) is 7.29. The number of aromatic nitrogens is 5. The number of amides is 3. The summed E-state index contributed by atoms with van der Waals surface area (Å²) in [6.07, 6.45) is 2.88. The van der Waals surface area contributed by atoms with Crippen LogP contribution in [-0.4, -0.2) is 55.9 Å². The normalized spacial score (nSPS) is 10.3. The van der Waals surface area contributed by atoms with Crippen LogP contribution in [0.15, 0.2) is 12.5 Å². The van der Waals surface area contributed by atoms with E-state index in [2.05, 4.69) is 30.8 Å². The second-order valence-electron chi connectivity index (χ2n) is 5.38. The molecule has 10 nitrogen and oxygen atoms in total. The van der Waals surface area contributed by atoms with E-state index in [0.717, 1.165) is 17.0 Å². The number of anilines is 1. The van der Waals surface area contributed by atoms with Crippen LogP contribution < -0.4 is 10.6 Å². The Kier molecular flexibility index (Phi) is 5.40. The third-order valence-corrected chi connectivity index (χ3v) is 3.30. The summed E-state index contributed by atoms with van der Waals surface area (Å²) in [6, 6.07) is -0.318. The average molecular weight is 332 g/mol. The van der Waals surface area contributed by atoms with Crippen molar-refractivity contribution in [2.45, 2.75) is 26.9 Å². The number of carbonyl (C=O) groups excluding carboxylic acids is 2. The van der Waals surface area contributed by atoms with Gasteiger partial charge in [0.1, 0.15) is 12.9 Å². The van der Waals surface area contributed by atoms with Gasteiger partial charge in [-0.05, 0) is 13.8 Å². The molecule has 0 aliphatic heterocycles. The van der Waals surface area contributed by atoms with Gasteiger partial charge >= 0.3 is 6.03 Å². The Labute approximate surface area is 139 Å². The first-order chi connectivity index (χ1) is 11.4. The van der Waals surface area contributed by atoms with E-state index in [0.29, 0.717) is 6.54 Å². The molecule has 0 saturated heterocycles. The molecule has 0 bridgehead atoms. The highest BCUT2D eigenvalue weighted by molar-refractivity contribution is 5.87. The summed E-state index contributed by atoms with van der Waals surface area (Å²) < 4.78 is 0. The van der Waals surface area contributed by atoms with Crippen LogP contribution in [0.1, 0.15) is 17.0 Å². The van der Waals surface area contributed by atoms with Crippen molar-refractivity contribution in [1.82, 2.24) is 35.2 Å². The van der Waals surface area contributed by atoms with Crippen molar-refractivity contribution in [1.29, 1.82) is 0 Å². The van der Waals surface area contributed by atoms with Crippen LogP contribution in [0.25, 0.3) is 0 Å². The fourth-order valence-corrected chi connectivity index (χ4v) is 1.90. The maximum absolute atomic E-state index is 12.0. The Morgan fingerprint density at radius 2 is 1.88 bits per heavy atom. The second-order valence-corrected chi connectivity index (χ2v) is 5.38. The van der Waals surface area contributed by atoms with Crippen LogP contribution in [0.3, 0.4) is 0 Å². The Hall–Kier alpha value is -3.04. The zero-order chi connectivity index (χ0) is 17.7. The van der Waals surface area contributed by atoms with Gasteiger partial charge < -0.3 is 10.2 Å². The van der Waals surface area contributed by atoms with Crippen molar-refractivity contribution >= 4 is 17.8 Å². The van der Waals surface area contributed by atoms with Crippen LogP contribution in [0, 0.1) is 13.8 Å². The standard InChI is InChI=1S/C14H20N8O2/c1-9-11(10(2)17-8-16-9)5-15-13(23)7-22-18-6-12(20-22)19-14(24)21(3)4/h6,8H,5,7H2,1-4H3,(H,15,23)(H,19,20,24). The summed E-state index contributed by atoms with van der Waals surface area (Å²) in [6.45, 7) is 4.02. The number of hydrogen-bond donors (Lipinski definition) is 2. The molecule has 0 aliphatic rings. The lowest BCUT2D eigenvalue weighted by Gasteiger charge is -2.09. The van der Waals surface area contributed by atoms with Gasteiger partial charge in [-0.15, -0.1) is 5.10 Å². The number of urea groups is 1. The zero-order valence-corrected chi connectivity index (χ0v) is 14.1. The van der Waals surface area contributed by atoms with Crippen LogP contribution in [0.4, 0.5) is 10.6 Å². The van der Waals surface area contributed by atoms with Crippen LogP contribution in [-0.2, 0) is 17.9 Å². The van der Waals surface area contributed by atoms with Gasteiger partial charge in [0.15, 0.2) is 5.82 Å². The first kappa shape index (κ1) is 17.3. The third-order valence-electron chi connectivity index (χ3n) is 3.30. The van der Waals surface area contributed by atoms with Crippen LogP contribution in [0.2, 0.25) is 0 Å². The average Bonchev–Trinajstić information content (AvgIpc) is 2.93. The molecule has 10 heteroatoms. The van der Waals surface area contributed by atoms with E-state index in [9.17, 15) is 9.59 Å². The quantitative estimate of drug-likeness (QED) is 0.801. The number of aryl methyl sites for hydroxylation is 2. The maximum atomic E-state index is 12.0. The maximum Gasteiger partial charge on any atom is 0.322 e. The molecule has 0 fully saturated rings. The fourth-order valence-electron chi connectivity index (χ4n) is 1.90. The summed E-state index contributed by atoms with van der Waals surface area (Å²) in [7, 11) is 3.23. The van der Waals surface area contributed by atoms with Crippen molar-refractivity contribution in [3.63, 3.8) is 0 Å². The van der Waals surface area contributed by atoms with Gasteiger partial charge in [-0.1, -0.05) is 0 Å². The van der Waals surface area contributed by atoms with Gasteiger partial charge in [0.05, 0.1) is 6.20 Å². The van der Waals surface area contributed by atoms with Gasteiger partial charge in [-0.2, -0.15) is 9.90 Å². The minimum atomic E-state index is -0.318. The number of hydrogen-bond acceptors (Lipinski definition) is 6. The highest BCUT2D eigenvalue weighted by Crippen LogP contribution is 2.07. The summed E-state index contributed by atoms with van der Waals surface area (Å²) in [5.74, 6) is 0.0309. The number of nitrogens with one attached hydrogen (secondary N) is 2. The molecule has 2 rings (SSSR count). The van der Waals surface area contributed by atoms with Crippen molar-refractivity contribution in [3.05, 3.63) is 29.5 Å². The molecule has 0 saturated carbocycles. The SMILES string of the molecule is Cc1ncnc(C)c1CNC(=O)Cn1ncc(NC(=O)N(C)C)n1. The van der Waals surface area contributed by atoms with E-state index >= 15 is 0 Å². The van der Waals surface area contributed by atoms with Crippen molar-refractivity contribution < 1.29 is 9.59 Å². The summed E-state index contributed by atoms with van der Waals surface area (Å²) in [5.41, 5.74) is 2.54. The van der Waals surface area contributed by atoms with Crippen molar-refractivity contribution in [3.8, 4) is 0 Å². The molecule has 128 valence electrons. The Morgan fingerprint density at radius 1 is 1.21 bits per heavy atom. The minimum absolute atomic E-state index is 0.0520. The molecule has 0 spiro atoms. The molecule has 0 aliphatic carbocycles. The Balaban J connectivity index is 1.89. The van der Waals surface area contributed by atoms with E-state index < -0.39 is 0 Å². The van der Waals surface area contributed by atoms with Gasteiger partial charge in [-0.25, -0.2) is 14.8 Å².